The van der Waals surface area contributed by atoms with E-state index in [-0.39, 0.29) is 0 Å². The Kier molecular flexibility index (Phi) is 2.66. The molecule has 0 radical (unpaired) electrons. The molecular formula is C18H18O. The third kappa shape index (κ3) is 1.98. The molecule has 0 aromatic heterocycles. The lowest BCUT2D eigenvalue weighted by Crippen LogP contribution is -2.08. The molecule has 0 saturated carbocycles. The van der Waals surface area contributed by atoms with Crippen molar-refractivity contribution in [3.8, 4) is 11.1 Å². The molecule has 1 fully saturated rings. The fourth-order valence-corrected chi connectivity index (χ4v) is 3.39. The molecule has 1 aliphatic carbocycles. The molecule has 1 heterocycles. The summed E-state index contributed by atoms with van der Waals surface area (Å²) in [5, 5.41) is 0. The van der Waals surface area contributed by atoms with Crippen molar-refractivity contribution in [2.75, 3.05) is 6.61 Å². The topological polar surface area (TPSA) is 9.23 Å². The Balaban J connectivity index is 1.64. The zero-order valence-corrected chi connectivity index (χ0v) is 11.1. The predicted molar refractivity (Wildman–Crippen MR) is 77.4 cm³/mol. The lowest BCUT2D eigenvalue weighted by molar-refractivity contribution is 0.111. The monoisotopic (exact) mass is 250 g/mol. The van der Waals surface area contributed by atoms with Crippen molar-refractivity contribution in [2.45, 2.75) is 31.8 Å². The number of hydrogen-bond acceptors (Lipinski definition) is 1. The van der Waals surface area contributed by atoms with Crippen molar-refractivity contribution in [3.63, 3.8) is 0 Å². The maximum absolute atomic E-state index is 5.74. The molecule has 1 unspecified atom stereocenters. The van der Waals surface area contributed by atoms with Crippen molar-refractivity contribution in [3.05, 3.63) is 59.2 Å². The SMILES string of the molecule is c1ccc2c(c1)Cc1cc(CC3CCCO3)ccc1-2. The van der Waals surface area contributed by atoms with Crippen LogP contribution < -0.4 is 0 Å². The van der Waals surface area contributed by atoms with Gasteiger partial charge in [0.25, 0.3) is 0 Å². The zero-order chi connectivity index (χ0) is 12.7. The normalized spacial score (nSPS) is 20.3. The highest BCUT2D eigenvalue weighted by molar-refractivity contribution is 5.76. The molecule has 0 bridgehead atoms. The van der Waals surface area contributed by atoms with Crippen LogP contribution in [0.5, 0.6) is 0 Å². The number of rotatable bonds is 2. The first-order valence-corrected chi connectivity index (χ1v) is 7.22. The summed E-state index contributed by atoms with van der Waals surface area (Å²) in [6.45, 7) is 0.945. The smallest absolute Gasteiger partial charge is 0.0616 e. The Morgan fingerprint density at radius 2 is 1.89 bits per heavy atom. The summed E-state index contributed by atoms with van der Waals surface area (Å²) in [4.78, 5) is 0. The Bertz CT molecular complexity index is 609. The van der Waals surface area contributed by atoms with Crippen LogP contribution in [-0.4, -0.2) is 12.7 Å². The van der Waals surface area contributed by atoms with Gasteiger partial charge in [0.2, 0.25) is 0 Å². The van der Waals surface area contributed by atoms with Gasteiger partial charge in [0, 0.05) is 6.61 Å². The fraction of sp³-hybridized carbons (Fsp3) is 0.333. The average Bonchev–Trinajstić information content (AvgIpc) is 3.05. The van der Waals surface area contributed by atoms with Crippen LogP contribution in [0, 0.1) is 0 Å². The summed E-state index contributed by atoms with van der Waals surface area (Å²) in [5.41, 5.74) is 7.22. The minimum absolute atomic E-state index is 0.446. The van der Waals surface area contributed by atoms with E-state index in [1.165, 1.54) is 40.7 Å². The van der Waals surface area contributed by atoms with E-state index >= 15 is 0 Å². The van der Waals surface area contributed by atoms with E-state index in [0.717, 1.165) is 19.4 Å². The van der Waals surface area contributed by atoms with E-state index in [0.29, 0.717) is 6.10 Å². The van der Waals surface area contributed by atoms with Crippen LogP contribution in [0.15, 0.2) is 42.5 Å². The van der Waals surface area contributed by atoms with E-state index in [2.05, 4.69) is 42.5 Å². The predicted octanol–water partition coefficient (Wildman–Crippen LogP) is 3.98. The van der Waals surface area contributed by atoms with Gasteiger partial charge in [-0.1, -0.05) is 42.5 Å². The molecule has 1 nitrogen and oxygen atoms in total. The molecule has 1 heteroatoms. The Hall–Kier alpha value is -1.60. The minimum Gasteiger partial charge on any atom is -0.378 e. The van der Waals surface area contributed by atoms with Crippen molar-refractivity contribution in [2.24, 2.45) is 0 Å². The molecule has 1 atom stereocenters. The van der Waals surface area contributed by atoms with E-state index in [1.807, 2.05) is 0 Å². The molecule has 1 saturated heterocycles. The third-order valence-electron chi connectivity index (χ3n) is 4.35. The highest BCUT2D eigenvalue weighted by atomic mass is 16.5. The van der Waals surface area contributed by atoms with Crippen molar-refractivity contribution >= 4 is 0 Å². The maximum Gasteiger partial charge on any atom is 0.0616 e. The molecule has 2 aromatic carbocycles. The molecule has 0 N–H and O–H groups in total. The van der Waals surface area contributed by atoms with Gasteiger partial charge in [0.05, 0.1) is 6.10 Å². The second kappa shape index (κ2) is 4.50. The van der Waals surface area contributed by atoms with Crippen molar-refractivity contribution in [1.82, 2.24) is 0 Å². The van der Waals surface area contributed by atoms with E-state index in [1.54, 1.807) is 0 Å². The van der Waals surface area contributed by atoms with Gasteiger partial charge in [-0.3, -0.25) is 0 Å². The number of hydrogen-bond donors (Lipinski definition) is 0. The molecule has 96 valence electrons. The molecule has 0 amide bonds. The Morgan fingerprint density at radius 3 is 2.79 bits per heavy atom. The van der Waals surface area contributed by atoms with Gasteiger partial charge < -0.3 is 4.74 Å². The summed E-state index contributed by atoms with van der Waals surface area (Å²) in [6.07, 6.45) is 5.05. The molecule has 1 aliphatic heterocycles. The summed E-state index contributed by atoms with van der Waals surface area (Å²) >= 11 is 0. The molecule has 0 spiro atoms. The average molecular weight is 250 g/mol. The first-order valence-electron chi connectivity index (χ1n) is 7.22. The molecule has 4 rings (SSSR count). The highest BCUT2D eigenvalue weighted by Crippen LogP contribution is 2.37. The number of fused-ring (bicyclic) bond motifs is 3. The van der Waals surface area contributed by atoms with Crippen LogP contribution in [0.3, 0.4) is 0 Å². The second-order valence-electron chi connectivity index (χ2n) is 5.66. The van der Waals surface area contributed by atoms with E-state index in [4.69, 9.17) is 4.74 Å². The molecule has 2 aliphatic rings. The van der Waals surface area contributed by atoms with Crippen LogP contribution in [0.1, 0.15) is 29.5 Å². The fourth-order valence-electron chi connectivity index (χ4n) is 3.39. The lowest BCUT2D eigenvalue weighted by Gasteiger charge is -2.10. The van der Waals surface area contributed by atoms with Crippen LogP contribution in [0.25, 0.3) is 11.1 Å². The Morgan fingerprint density at radius 1 is 1.00 bits per heavy atom. The van der Waals surface area contributed by atoms with Crippen LogP contribution >= 0.6 is 0 Å². The Labute approximate surface area is 114 Å². The summed E-state index contributed by atoms with van der Waals surface area (Å²) in [7, 11) is 0. The van der Waals surface area contributed by atoms with Gasteiger partial charge in [-0.2, -0.15) is 0 Å². The van der Waals surface area contributed by atoms with Crippen LogP contribution in [0.2, 0.25) is 0 Å². The van der Waals surface area contributed by atoms with Crippen molar-refractivity contribution < 1.29 is 4.74 Å². The number of benzene rings is 2. The number of ether oxygens (including phenoxy) is 1. The summed E-state index contributed by atoms with van der Waals surface area (Å²) in [6, 6.07) is 15.7. The van der Waals surface area contributed by atoms with Crippen LogP contribution in [-0.2, 0) is 17.6 Å². The summed E-state index contributed by atoms with van der Waals surface area (Å²) < 4.78 is 5.74. The maximum atomic E-state index is 5.74. The van der Waals surface area contributed by atoms with Gasteiger partial charge in [-0.05, 0) is 53.5 Å². The molecular weight excluding hydrogens is 232 g/mol. The molecule has 2 aromatic rings. The summed E-state index contributed by atoms with van der Waals surface area (Å²) in [5.74, 6) is 0. The van der Waals surface area contributed by atoms with Gasteiger partial charge in [0.15, 0.2) is 0 Å². The highest BCUT2D eigenvalue weighted by Gasteiger charge is 2.20. The zero-order valence-electron chi connectivity index (χ0n) is 11.1. The van der Waals surface area contributed by atoms with Gasteiger partial charge >= 0.3 is 0 Å². The first kappa shape index (κ1) is 11.2. The standard InChI is InChI=1S/C18H18O/c1-2-6-17-14(4-1)12-15-10-13(7-8-18(15)17)11-16-5-3-9-19-16/h1-2,4,6-8,10,16H,3,5,9,11-12H2. The minimum atomic E-state index is 0.446. The van der Waals surface area contributed by atoms with E-state index < -0.39 is 0 Å². The van der Waals surface area contributed by atoms with Gasteiger partial charge in [-0.25, -0.2) is 0 Å². The van der Waals surface area contributed by atoms with Crippen molar-refractivity contribution in [1.29, 1.82) is 0 Å². The lowest BCUT2D eigenvalue weighted by atomic mass is 9.99. The third-order valence-corrected chi connectivity index (χ3v) is 4.35. The van der Waals surface area contributed by atoms with Gasteiger partial charge in [0.1, 0.15) is 0 Å². The van der Waals surface area contributed by atoms with Crippen LogP contribution in [0.4, 0.5) is 0 Å². The largest absolute Gasteiger partial charge is 0.378 e. The van der Waals surface area contributed by atoms with Gasteiger partial charge in [-0.15, -0.1) is 0 Å². The molecule has 19 heavy (non-hydrogen) atoms. The second-order valence-corrected chi connectivity index (χ2v) is 5.66. The first-order chi connectivity index (χ1) is 9.40. The quantitative estimate of drug-likeness (QED) is 0.668. The van der Waals surface area contributed by atoms with E-state index in [9.17, 15) is 0 Å².